The first-order chi connectivity index (χ1) is 23.0. The number of hydrogen-bond acceptors (Lipinski definition) is 7. The fourth-order valence-electron chi connectivity index (χ4n) is 6.16. The van der Waals surface area contributed by atoms with Crippen molar-refractivity contribution in [1.82, 2.24) is 9.88 Å². The first kappa shape index (κ1) is 31.0. The number of fused-ring (bicyclic) bond motifs is 1. The molecule has 4 aromatic carbocycles. The minimum Gasteiger partial charge on any atom is -0.392 e. The molecule has 5 aromatic rings. The van der Waals surface area contributed by atoms with Gasteiger partial charge in [-0.25, -0.2) is 4.98 Å². The van der Waals surface area contributed by atoms with E-state index in [1.807, 2.05) is 91.0 Å². The molecule has 236 valence electrons. The van der Waals surface area contributed by atoms with Crippen LogP contribution in [0, 0.1) is 5.92 Å². The maximum absolute atomic E-state index is 12.9. The molecular formula is C39H34N2O5S. The van der Waals surface area contributed by atoms with Crippen LogP contribution in [0.1, 0.15) is 62.3 Å². The SMILES string of the molecule is C[C@H]1[C@@H](CSc2ccccn2)O[C@@H](c2ccc(-c3cccc(CN4C(=O)c5ccccc5C4=O)c3)cc2)O[C@H]1c1ccc(CO)cc1. The molecule has 1 fully saturated rings. The van der Waals surface area contributed by atoms with Crippen molar-refractivity contribution < 1.29 is 24.2 Å². The van der Waals surface area contributed by atoms with Gasteiger partial charge in [0.2, 0.25) is 0 Å². The lowest BCUT2D eigenvalue weighted by Crippen LogP contribution is -2.38. The van der Waals surface area contributed by atoms with E-state index in [0.717, 1.165) is 44.2 Å². The minimum absolute atomic E-state index is 0.00550. The number of rotatable bonds is 9. The van der Waals surface area contributed by atoms with Gasteiger partial charge in [-0.1, -0.05) is 91.9 Å². The van der Waals surface area contributed by atoms with E-state index in [1.54, 1.807) is 42.2 Å². The number of aliphatic hydroxyl groups excluding tert-OH is 1. The number of imide groups is 1. The molecule has 0 bridgehead atoms. The summed E-state index contributed by atoms with van der Waals surface area (Å²) in [5, 5.41) is 10.5. The molecule has 8 heteroatoms. The molecule has 0 spiro atoms. The van der Waals surface area contributed by atoms with Crippen molar-refractivity contribution in [2.75, 3.05) is 5.75 Å². The highest BCUT2D eigenvalue weighted by Crippen LogP contribution is 2.43. The summed E-state index contributed by atoms with van der Waals surface area (Å²) in [7, 11) is 0. The van der Waals surface area contributed by atoms with Crippen LogP contribution in [0.4, 0.5) is 0 Å². The topological polar surface area (TPSA) is 89.0 Å². The van der Waals surface area contributed by atoms with Crippen LogP contribution in [0.25, 0.3) is 11.1 Å². The Kier molecular flexibility index (Phi) is 9.00. The van der Waals surface area contributed by atoms with Gasteiger partial charge in [0.1, 0.15) is 0 Å². The number of pyridine rings is 1. The maximum Gasteiger partial charge on any atom is 0.261 e. The summed E-state index contributed by atoms with van der Waals surface area (Å²) in [6.45, 7) is 2.36. The van der Waals surface area contributed by atoms with Gasteiger partial charge in [-0.05, 0) is 58.1 Å². The Labute approximate surface area is 278 Å². The number of amides is 2. The van der Waals surface area contributed by atoms with Gasteiger partial charge in [0.25, 0.3) is 11.8 Å². The van der Waals surface area contributed by atoms with Crippen LogP contribution < -0.4 is 0 Å². The smallest absolute Gasteiger partial charge is 0.261 e. The number of benzene rings is 4. The molecule has 0 radical (unpaired) electrons. The molecule has 1 aromatic heterocycles. The van der Waals surface area contributed by atoms with E-state index >= 15 is 0 Å². The third kappa shape index (κ3) is 6.50. The zero-order chi connectivity index (χ0) is 32.3. The molecule has 3 heterocycles. The minimum atomic E-state index is -0.572. The van der Waals surface area contributed by atoms with Crippen LogP contribution in [0.5, 0.6) is 0 Å². The van der Waals surface area contributed by atoms with Gasteiger partial charge in [-0.2, -0.15) is 0 Å². The Morgan fingerprint density at radius 3 is 2.13 bits per heavy atom. The van der Waals surface area contributed by atoms with Crippen molar-refractivity contribution in [3.63, 3.8) is 0 Å². The summed E-state index contributed by atoms with van der Waals surface area (Å²) in [5.41, 5.74) is 6.57. The van der Waals surface area contributed by atoms with Crippen molar-refractivity contribution >= 4 is 23.6 Å². The van der Waals surface area contributed by atoms with Crippen LogP contribution >= 0.6 is 11.8 Å². The molecule has 0 saturated carbocycles. The van der Waals surface area contributed by atoms with Gasteiger partial charge < -0.3 is 14.6 Å². The number of thioether (sulfide) groups is 1. The third-order valence-corrected chi connectivity index (χ3v) is 9.85. The molecule has 1 N–H and O–H groups in total. The van der Waals surface area contributed by atoms with Gasteiger partial charge in [0, 0.05) is 23.4 Å². The number of aromatic nitrogens is 1. The summed E-state index contributed by atoms with van der Waals surface area (Å²) in [6.07, 6.45) is 0.931. The molecule has 7 rings (SSSR count). The van der Waals surface area contributed by atoms with E-state index in [2.05, 4.69) is 11.9 Å². The average Bonchev–Trinajstić information content (AvgIpc) is 3.36. The summed E-state index contributed by atoms with van der Waals surface area (Å²) >= 11 is 1.67. The fourth-order valence-corrected chi connectivity index (χ4v) is 7.18. The second-order valence-electron chi connectivity index (χ2n) is 11.9. The number of carbonyl (C=O) groups excluding carboxylic acids is 2. The molecule has 1 saturated heterocycles. The number of hydrogen-bond donors (Lipinski definition) is 1. The summed E-state index contributed by atoms with van der Waals surface area (Å²) in [6, 6.07) is 36.8. The first-order valence-electron chi connectivity index (χ1n) is 15.7. The zero-order valence-corrected chi connectivity index (χ0v) is 26.7. The molecule has 4 atom stereocenters. The molecule has 2 aliphatic heterocycles. The number of nitrogens with zero attached hydrogens (tertiary/aromatic N) is 2. The van der Waals surface area contributed by atoms with Crippen LogP contribution in [0.2, 0.25) is 0 Å². The van der Waals surface area contributed by atoms with Gasteiger partial charge >= 0.3 is 0 Å². The average molecular weight is 643 g/mol. The van der Waals surface area contributed by atoms with E-state index in [1.165, 1.54) is 4.90 Å². The summed E-state index contributed by atoms with van der Waals surface area (Å²) in [4.78, 5) is 31.6. The lowest BCUT2D eigenvalue weighted by molar-refractivity contribution is -0.268. The van der Waals surface area contributed by atoms with Crippen LogP contribution in [0.15, 0.2) is 126 Å². The largest absolute Gasteiger partial charge is 0.392 e. The standard InChI is InChI=1S/C39H34N2O5S/c1-25-34(24-47-35-11-4-5-20-40-35)45-39(46-36(25)29-14-12-26(23-42)13-15-29)30-18-16-28(17-19-30)31-8-6-7-27(21-31)22-41-37(43)32-9-2-3-10-33(32)38(41)44/h2-21,25,34,36,39,42H,22-24H2,1H3/t25-,34+,36+,39+/m0/s1. The number of ether oxygens (including phenoxy) is 2. The zero-order valence-electron chi connectivity index (χ0n) is 25.9. The predicted octanol–water partition coefficient (Wildman–Crippen LogP) is 7.62. The van der Waals surface area contributed by atoms with Crippen molar-refractivity contribution in [2.24, 2.45) is 5.92 Å². The van der Waals surface area contributed by atoms with E-state index in [4.69, 9.17) is 9.47 Å². The highest BCUT2D eigenvalue weighted by molar-refractivity contribution is 7.99. The van der Waals surface area contributed by atoms with E-state index in [0.29, 0.717) is 11.1 Å². The van der Waals surface area contributed by atoms with Crippen molar-refractivity contribution in [1.29, 1.82) is 0 Å². The molecule has 0 aliphatic carbocycles. The van der Waals surface area contributed by atoms with Crippen molar-refractivity contribution in [3.8, 4) is 11.1 Å². The van der Waals surface area contributed by atoms with E-state index < -0.39 is 6.29 Å². The van der Waals surface area contributed by atoms with Gasteiger partial charge in [-0.3, -0.25) is 14.5 Å². The van der Waals surface area contributed by atoms with Crippen molar-refractivity contribution in [2.45, 2.75) is 43.6 Å². The highest BCUT2D eigenvalue weighted by Gasteiger charge is 2.38. The Bertz CT molecular complexity index is 1850. The molecule has 2 amide bonds. The van der Waals surface area contributed by atoms with Gasteiger partial charge in [-0.15, -0.1) is 11.8 Å². The third-order valence-electron chi connectivity index (χ3n) is 8.82. The molecule has 7 nitrogen and oxygen atoms in total. The summed E-state index contributed by atoms with van der Waals surface area (Å²) < 4.78 is 13.2. The Morgan fingerprint density at radius 1 is 0.745 bits per heavy atom. The second kappa shape index (κ2) is 13.6. The van der Waals surface area contributed by atoms with Gasteiger partial charge in [0.05, 0.1) is 41.5 Å². The van der Waals surface area contributed by atoms with Crippen LogP contribution in [-0.2, 0) is 22.6 Å². The summed E-state index contributed by atoms with van der Waals surface area (Å²) in [5.74, 6) is 0.274. The molecular weight excluding hydrogens is 609 g/mol. The fraction of sp³-hybridized carbons (Fsp3) is 0.205. The maximum atomic E-state index is 12.9. The van der Waals surface area contributed by atoms with Crippen LogP contribution in [0.3, 0.4) is 0 Å². The first-order valence-corrected chi connectivity index (χ1v) is 16.7. The van der Waals surface area contributed by atoms with Crippen molar-refractivity contribution in [3.05, 3.63) is 155 Å². The lowest BCUT2D eigenvalue weighted by atomic mass is 9.91. The normalized spacial score (nSPS) is 20.8. The Morgan fingerprint density at radius 2 is 1.45 bits per heavy atom. The lowest BCUT2D eigenvalue weighted by Gasteiger charge is -2.41. The molecule has 47 heavy (non-hydrogen) atoms. The quantitative estimate of drug-likeness (QED) is 0.131. The van der Waals surface area contributed by atoms with E-state index in [-0.39, 0.29) is 43.1 Å². The Balaban J connectivity index is 1.10. The van der Waals surface area contributed by atoms with Gasteiger partial charge in [0.15, 0.2) is 6.29 Å². The number of aliphatic hydroxyl groups is 1. The molecule has 2 aliphatic rings. The molecule has 0 unspecified atom stereocenters. The Hall–Kier alpha value is -4.60. The second-order valence-corrected chi connectivity index (χ2v) is 12.9. The monoisotopic (exact) mass is 642 g/mol. The highest BCUT2D eigenvalue weighted by atomic mass is 32.2. The van der Waals surface area contributed by atoms with Crippen LogP contribution in [-0.4, -0.2) is 38.7 Å². The van der Waals surface area contributed by atoms with E-state index in [9.17, 15) is 14.7 Å². The predicted molar refractivity (Wildman–Crippen MR) is 180 cm³/mol. The number of carbonyl (C=O) groups is 2.